The molecule has 0 unspecified atom stereocenters. The van der Waals surface area contributed by atoms with Gasteiger partial charge in [-0.1, -0.05) is 43.3 Å². The minimum Gasteiger partial charge on any atom is -0.472 e. The van der Waals surface area contributed by atoms with E-state index >= 15 is 0 Å². The fourth-order valence-corrected chi connectivity index (χ4v) is 5.91. The number of rotatable bonds is 7. The maximum atomic E-state index is 13.7. The molecule has 1 aliphatic heterocycles. The standard InChI is InChI=1S/C29H31N3O6S/c1-19-16-32(20(2)18-33)29(34)24-13-22(26-14-21-9-7-8-12-25(21)37-26)15-30-28(24)38-27(19)17-31(3)39(35,36)23-10-5-4-6-11-23/h4-15,19-20,27,33H,16-18H2,1-3H3/t19-,20+,27-/m0/s1. The molecule has 5 rings (SSSR count). The number of pyridine rings is 1. The molecule has 9 nitrogen and oxygen atoms in total. The lowest BCUT2D eigenvalue weighted by Gasteiger charge is -2.37. The smallest absolute Gasteiger partial charge is 0.259 e. The number of hydrogen-bond acceptors (Lipinski definition) is 7. The molecule has 4 aromatic rings. The number of ether oxygens (including phenoxy) is 1. The minimum atomic E-state index is -3.76. The van der Waals surface area contributed by atoms with E-state index in [2.05, 4.69) is 4.98 Å². The van der Waals surface area contributed by atoms with Crippen LogP contribution in [-0.2, 0) is 10.0 Å². The minimum absolute atomic E-state index is 0.0420. The van der Waals surface area contributed by atoms with Crippen LogP contribution in [-0.4, -0.2) is 72.5 Å². The Morgan fingerprint density at radius 1 is 1.13 bits per heavy atom. The molecule has 0 fully saturated rings. The number of aliphatic hydroxyl groups excluding tert-OH is 1. The quantitative estimate of drug-likeness (QED) is 0.370. The molecular weight excluding hydrogens is 518 g/mol. The zero-order valence-corrected chi connectivity index (χ0v) is 22.8. The van der Waals surface area contributed by atoms with Crippen LogP contribution in [0.15, 0.2) is 82.2 Å². The molecule has 0 radical (unpaired) electrons. The normalized spacial score (nSPS) is 18.9. The lowest BCUT2D eigenvalue weighted by atomic mass is 10.00. The summed E-state index contributed by atoms with van der Waals surface area (Å²) in [7, 11) is -2.25. The highest BCUT2D eigenvalue weighted by Crippen LogP contribution is 2.33. The molecule has 10 heteroatoms. The van der Waals surface area contributed by atoms with E-state index in [0.717, 1.165) is 5.39 Å². The van der Waals surface area contributed by atoms with Crippen LogP contribution in [0.2, 0.25) is 0 Å². The Kier molecular flexibility index (Phi) is 7.44. The molecule has 0 spiro atoms. The van der Waals surface area contributed by atoms with Crippen LogP contribution in [0, 0.1) is 5.92 Å². The number of benzene rings is 2. The Balaban J connectivity index is 1.52. The van der Waals surface area contributed by atoms with E-state index in [1.807, 2.05) is 37.3 Å². The first-order valence-corrected chi connectivity index (χ1v) is 14.2. The number of para-hydroxylation sites is 1. The van der Waals surface area contributed by atoms with E-state index in [9.17, 15) is 18.3 Å². The summed E-state index contributed by atoms with van der Waals surface area (Å²) in [6, 6.07) is 18.9. The number of hydrogen-bond donors (Lipinski definition) is 1. The van der Waals surface area contributed by atoms with Crippen molar-refractivity contribution in [2.45, 2.75) is 30.9 Å². The highest BCUT2D eigenvalue weighted by Gasteiger charge is 2.36. The lowest BCUT2D eigenvalue weighted by molar-refractivity contribution is 0.0373. The zero-order chi connectivity index (χ0) is 27.7. The van der Waals surface area contributed by atoms with Crippen molar-refractivity contribution in [1.82, 2.24) is 14.2 Å². The van der Waals surface area contributed by atoms with Gasteiger partial charge >= 0.3 is 0 Å². The van der Waals surface area contributed by atoms with E-state index < -0.39 is 22.2 Å². The van der Waals surface area contributed by atoms with Gasteiger partial charge in [0.2, 0.25) is 15.9 Å². The van der Waals surface area contributed by atoms with Gasteiger partial charge in [-0.3, -0.25) is 4.79 Å². The molecule has 1 aliphatic rings. The topological polar surface area (TPSA) is 113 Å². The first kappa shape index (κ1) is 26.9. The Labute approximate surface area is 227 Å². The first-order chi connectivity index (χ1) is 18.7. The molecular formula is C29H31N3O6S. The van der Waals surface area contributed by atoms with E-state index in [1.54, 1.807) is 54.4 Å². The van der Waals surface area contributed by atoms with Gasteiger partial charge in [0.05, 0.1) is 24.1 Å². The van der Waals surface area contributed by atoms with Crippen molar-refractivity contribution in [2.75, 3.05) is 26.7 Å². The van der Waals surface area contributed by atoms with Gasteiger partial charge in [0.1, 0.15) is 23.0 Å². The van der Waals surface area contributed by atoms with Crippen molar-refractivity contribution in [1.29, 1.82) is 0 Å². The Morgan fingerprint density at radius 3 is 2.56 bits per heavy atom. The highest BCUT2D eigenvalue weighted by atomic mass is 32.2. The molecule has 2 aromatic carbocycles. The van der Waals surface area contributed by atoms with Gasteiger partial charge in [-0.2, -0.15) is 4.31 Å². The number of aliphatic hydroxyl groups is 1. The molecule has 2 aromatic heterocycles. The van der Waals surface area contributed by atoms with Crippen LogP contribution >= 0.6 is 0 Å². The van der Waals surface area contributed by atoms with Crippen molar-refractivity contribution in [3.63, 3.8) is 0 Å². The average Bonchev–Trinajstić information content (AvgIpc) is 3.39. The fourth-order valence-electron chi connectivity index (χ4n) is 4.70. The molecule has 0 bridgehead atoms. The summed E-state index contributed by atoms with van der Waals surface area (Å²) in [6.45, 7) is 3.74. The monoisotopic (exact) mass is 549 g/mol. The SMILES string of the molecule is C[C@H](CO)N1C[C@H](C)[C@H](CN(C)S(=O)(=O)c2ccccc2)Oc2ncc(-c3cc4ccccc4o3)cc2C1=O. The highest BCUT2D eigenvalue weighted by molar-refractivity contribution is 7.89. The van der Waals surface area contributed by atoms with Gasteiger partial charge in [-0.15, -0.1) is 0 Å². The predicted molar refractivity (Wildman–Crippen MR) is 147 cm³/mol. The van der Waals surface area contributed by atoms with Crippen LogP contribution in [0.1, 0.15) is 24.2 Å². The second-order valence-corrected chi connectivity index (χ2v) is 12.0. The van der Waals surface area contributed by atoms with E-state index in [0.29, 0.717) is 16.9 Å². The summed E-state index contributed by atoms with van der Waals surface area (Å²) in [5, 5.41) is 10.8. The van der Waals surface area contributed by atoms with Crippen molar-refractivity contribution >= 4 is 26.9 Å². The molecule has 1 amide bonds. The van der Waals surface area contributed by atoms with Gasteiger partial charge in [-0.05, 0) is 37.3 Å². The van der Waals surface area contributed by atoms with Crippen molar-refractivity contribution in [3.8, 4) is 17.2 Å². The first-order valence-electron chi connectivity index (χ1n) is 12.8. The number of fused-ring (bicyclic) bond motifs is 2. The molecule has 0 saturated heterocycles. The molecule has 39 heavy (non-hydrogen) atoms. The number of furan rings is 1. The number of sulfonamides is 1. The third kappa shape index (κ3) is 5.27. The number of nitrogens with zero attached hydrogens (tertiary/aromatic N) is 3. The van der Waals surface area contributed by atoms with Crippen LogP contribution in [0.4, 0.5) is 0 Å². The molecule has 204 valence electrons. The van der Waals surface area contributed by atoms with Gasteiger partial charge in [0.25, 0.3) is 5.91 Å². The Morgan fingerprint density at radius 2 is 1.85 bits per heavy atom. The molecule has 0 saturated carbocycles. The number of carbonyl (C=O) groups excluding carboxylic acids is 1. The second-order valence-electron chi connectivity index (χ2n) is 9.95. The van der Waals surface area contributed by atoms with Crippen LogP contribution in [0.25, 0.3) is 22.3 Å². The van der Waals surface area contributed by atoms with E-state index in [4.69, 9.17) is 9.15 Å². The Hall–Kier alpha value is -3.73. The summed E-state index contributed by atoms with van der Waals surface area (Å²) in [5.41, 5.74) is 1.54. The van der Waals surface area contributed by atoms with Gasteiger partial charge < -0.3 is 19.2 Å². The van der Waals surface area contributed by atoms with E-state index in [1.165, 1.54) is 11.4 Å². The molecule has 3 atom stereocenters. The number of likely N-dealkylation sites (N-methyl/N-ethyl adjacent to an activating group) is 1. The molecule has 1 N–H and O–H groups in total. The maximum Gasteiger partial charge on any atom is 0.259 e. The van der Waals surface area contributed by atoms with Crippen molar-refractivity contribution in [3.05, 3.63) is 78.5 Å². The summed E-state index contributed by atoms with van der Waals surface area (Å²) < 4.78 is 39.9. The second kappa shape index (κ2) is 10.8. The van der Waals surface area contributed by atoms with Crippen LogP contribution in [0.5, 0.6) is 5.88 Å². The fraction of sp³-hybridized carbons (Fsp3) is 0.310. The van der Waals surface area contributed by atoms with Gasteiger partial charge in [-0.25, -0.2) is 13.4 Å². The third-order valence-electron chi connectivity index (χ3n) is 7.12. The van der Waals surface area contributed by atoms with E-state index in [-0.39, 0.29) is 47.9 Å². The van der Waals surface area contributed by atoms with Crippen LogP contribution < -0.4 is 4.74 Å². The number of aromatic nitrogens is 1. The third-order valence-corrected chi connectivity index (χ3v) is 8.96. The number of amides is 1. The van der Waals surface area contributed by atoms with Gasteiger partial charge in [0.15, 0.2) is 0 Å². The Bertz CT molecular complexity index is 1550. The maximum absolute atomic E-state index is 13.7. The zero-order valence-electron chi connectivity index (χ0n) is 22.0. The predicted octanol–water partition coefficient (Wildman–Crippen LogP) is 4.04. The molecule has 0 aliphatic carbocycles. The largest absolute Gasteiger partial charge is 0.472 e. The average molecular weight is 550 g/mol. The van der Waals surface area contributed by atoms with Crippen LogP contribution in [0.3, 0.4) is 0 Å². The summed E-state index contributed by atoms with van der Waals surface area (Å²) in [5.74, 6) is 0.0766. The summed E-state index contributed by atoms with van der Waals surface area (Å²) in [4.78, 5) is 20.0. The number of carbonyl (C=O) groups is 1. The lowest BCUT2D eigenvalue weighted by Crippen LogP contribution is -2.50. The molecule has 3 heterocycles. The summed E-state index contributed by atoms with van der Waals surface area (Å²) >= 11 is 0. The summed E-state index contributed by atoms with van der Waals surface area (Å²) in [6.07, 6.45) is 0.968. The van der Waals surface area contributed by atoms with Crippen molar-refractivity contribution < 1.29 is 27.5 Å². The van der Waals surface area contributed by atoms with Crippen molar-refractivity contribution in [2.24, 2.45) is 5.92 Å². The van der Waals surface area contributed by atoms with Gasteiger partial charge in [0, 0.05) is 36.7 Å².